The van der Waals surface area contributed by atoms with Crippen molar-refractivity contribution < 1.29 is 87.2 Å². The summed E-state index contributed by atoms with van der Waals surface area (Å²) in [6.07, 6.45) is -13.3. The lowest BCUT2D eigenvalue weighted by Gasteiger charge is -2.17. The average molecular weight is 1130 g/mol. The van der Waals surface area contributed by atoms with E-state index in [1.54, 1.807) is 12.1 Å². The lowest BCUT2D eigenvalue weighted by Crippen LogP contribution is -2.32. The van der Waals surface area contributed by atoms with Gasteiger partial charge in [-0.25, -0.2) is 13.2 Å². The Balaban J connectivity index is 0.000000276. The lowest BCUT2D eigenvalue weighted by molar-refractivity contribution is -0.138. The predicted molar refractivity (Wildman–Crippen MR) is 270 cm³/mol. The summed E-state index contributed by atoms with van der Waals surface area (Å²) in [4.78, 5) is 0. The van der Waals surface area contributed by atoms with Gasteiger partial charge >= 0.3 is 25.6 Å². The van der Waals surface area contributed by atoms with Gasteiger partial charge in [0.15, 0.2) is 0 Å². The van der Waals surface area contributed by atoms with Gasteiger partial charge in [-0.05, 0) is 117 Å². The summed E-state index contributed by atoms with van der Waals surface area (Å²) in [5.41, 5.74) is 1.43. The van der Waals surface area contributed by atoms with Crippen LogP contribution >= 0.6 is 23.2 Å². The molecular formula is C54H55BCl2F12O7. The third-order valence-corrected chi connectivity index (χ3v) is 12.1. The Kier molecular flexibility index (Phi) is 23.5. The molecule has 6 rings (SSSR count). The maximum atomic E-state index is 14.1. The van der Waals surface area contributed by atoms with E-state index in [0.29, 0.717) is 44.5 Å². The molecule has 0 radical (unpaired) electrons. The van der Waals surface area contributed by atoms with Crippen LogP contribution in [0.3, 0.4) is 0 Å². The summed E-state index contributed by atoms with van der Waals surface area (Å²) in [5, 5.41) is 36.4. The number of halogens is 14. The van der Waals surface area contributed by atoms with Crippen molar-refractivity contribution in [1.82, 2.24) is 0 Å². The third-order valence-electron chi connectivity index (χ3n) is 11.4. The number of hydrogen-bond acceptors (Lipinski definition) is 7. The Hall–Kier alpha value is -5.64. The molecule has 76 heavy (non-hydrogen) atoms. The van der Waals surface area contributed by atoms with Gasteiger partial charge in [0, 0.05) is 45.7 Å². The zero-order chi connectivity index (χ0) is 57.8. The molecule has 0 saturated heterocycles. The highest BCUT2D eigenvalue weighted by molar-refractivity contribution is 6.59. The highest BCUT2D eigenvalue weighted by Crippen LogP contribution is 2.42. The molecule has 22 heteroatoms. The zero-order valence-electron chi connectivity index (χ0n) is 42.4. The number of ether oxygens (including phenoxy) is 3. The van der Waals surface area contributed by atoms with Crippen LogP contribution in [0.2, 0.25) is 5.02 Å². The first-order valence-corrected chi connectivity index (χ1v) is 23.7. The van der Waals surface area contributed by atoms with Crippen LogP contribution < -0.4 is 19.7 Å². The van der Waals surface area contributed by atoms with Crippen molar-refractivity contribution >= 4 is 35.8 Å². The second-order valence-corrected chi connectivity index (χ2v) is 18.3. The molecule has 4 N–H and O–H groups in total. The van der Waals surface area contributed by atoms with Gasteiger partial charge in [0.25, 0.3) is 0 Å². The molecule has 0 bridgehead atoms. The summed E-state index contributed by atoms with van der Waals surface area (Å²) in [5.74, 6) is -0.962. The second kappa shape index (κ2) is 27.6. The van der Waals surface area contributed by atoms with Crippen molar-refractivity contribution in [2.45, 2.75) is 96.9 Å². The Morgan fingerprint density at radius 2 is 0.789 bits per heavy atom. The van der Waals surface area contributed by atoms with E-state index < -0.39 is 73.0 Å². The highest BCUT2D eigenvalue weighted by Gasteiger charge is 2.33. The molecular weight excluding hydrogens is 1070 g/mol. The summed E-state index contributed by atoms with van der Waals surface area (Å²) >= 11 is 11.4. The maximum Gasteiger partial charge on any atom is 0.492 e. The molecule has 0 heterocycles. The quantitative estimate of drug-likeness (QED) is 0.0549. The van der Waals surface area contributed by atoms with E-state index in [0.717, 1.165) is 42.5 Å². The number of aliphatic hydroxyl groups excluding tert-OH is 2. The molecule has 0 atom stereocenters. The molecule has 7 nitrogen and oxygen atoms in total. The minimum atomic E-state index is -4.50. The molecule has 0 aliphatic carbocycles. The Bertz CT molecular complexity index is 2760. The third kappa shape index (κ3) is 16.9. The van der Waals surface area contributed by atoms with Crippen molar-refractivity contribution in [1.29, 1.82) is 0 Å². The first kappa shape index (κ1) is 64.7. The Morgan fingerprint density at radius 3 is 1.12 bits per heavy atom. The van der Waals surface area contributed by atoms with E-state index in [2.05, 4.69) is 0 Å². The zero-order valence-corrected chi connectivity index (χ0v) is 43.9. The molecule has 0 unspecified atom stereocenters. The van der Waals surface area contributed by atoms with Crippen LogP contribution in [0, 0.1) is 17.5 Å². The molecule has 6 aromatic carbocycles. The van der Waals surface area contributed by atoms with E-state index >= 15 is 0 Å². The number of rotatable bonds is 12. The number of alkyl halides is 10. The number of aliphatic hydroxyl groups is 2. The smallest absolute Gasteiger partial charge is 0.492 e. The van der Waals surface area contributed by atoms with E-state index in [-0.39, 0.29) is 62.5 Å². The molecule has 0 fully saturated rings. The van der Waals surface area contributed by atoms with Crippen molar-refractivity contribution in [3.63, 3.8) is 0 Å². The normalized spacial score (nSPS) is 11.6. The van der Waals surface area contributed by atoms with E-state index in [9.17, 15) is 57.8 Å². The molecule has 6 aromatic rings. The topological polar surface area (TPSA) is 109 Å². The number of benzene rings is 6. The molecule has 0 aliphatic heterocycles. The second-order valence-electron chi connectivity index (χ2n) is 17.6. The first-order chi connectivity index (χ1) is 35.3. The van der Waals surface area contributed by atoms with Crippen molar-refractivity contribution in [2.24, 2.45) is 0 Å². The lowest BCUT2D eigenvalue weighted by atomic mass is 9.77. The monoisotopic (exact) mass is 1120 g/mol. The SMILES string of the molecule is COc1cc(F)c(C(C)C)cc1-c1ccc(C(F)(F)F)cc1CCl.COc1cc(F)c(C(C)C)cc1-c1ccc(C(F)(F)F)cc1CO.COc1cc(F)c(C(C)C)cc1B(O)O.OCc1cc(C(F)(F)F)ccc1Cl. The van der Waals surface area contributed by atoms with Crippen LogP contribution in [0.5, 0.6) is 17.2 Å². The van der Waals surface area contributed by atoms with Gasteiger partial charge in [0.2, 0.25) is 0 Å². The highest BCUT2D eigenvalue weighted by atomic mass is 35.5. The fourth-order valence-corrected chi connectivity index (χ4v) is 7.78. The van der Waals surface area contributed by atoms with Gasteiger partial charge < -0.3 is 34.5 Å². The fraction of sp³-hybridized carbons (Fsp3) is 0.333. The molecule has 0 aliphatic rings. The number of hydrogen-bond donors (Lipinski definition) is 4. The van der Waals surface area contributed by atoms with Gasteiger partial charge in [-0.2, -0.15) is 39.5 Å². The van der Waals surface area contributed by atoms with Crippen molar-refractivity contribution in [3.8, 4) is 39.5 Å². The van der Waals surface area contributed by atoms with Gasteiger partial charge in [0.05, 0.1) is 51.2 Å². The molecule has 0 amide bonds. The summed E-state index contributed by atoms with van der Waals surface area (Å²) in [7, 11) is 2.45. The Morgan fingerprint density at radius 1 is 0.461 bits per heavy atom. The van der Waals surface area contributed by atoms with Crippen LogP contribution in [0.15, 0.2) is 91.0 Å². The summed E-state index contributed by atoms with van der Waals surface area (Å²) in [6.45, 7) is 9.90. The molecule has 0 aromatic heterocycles. The van der Waals surface area contributed by atoms with Crippen LogP contribution in [0.25, 0.3) is 22.3 Å². The van der Waals surface area contributed by atoms with Gasteiger partial charge in [-0.15, -0.1) is 11.6 Å². The van der Waals surface area contributed by atoms with E-state index in [1.807, 2.05) is 41.5 Å². The van der Waals surface area contributed by atoms with Gasteiger partial charge in [-0.1, -0.05) is 71.3 Å². The average Bonchev–Trinajstić information content (AvgIpc) is 3.35. The van der Waals surface area contributed by atoms with Gasteiger partial charge in [-0.3, -0.25) is 0 Å². The van der Waals surface area contributed by atoms with E-state index in [4.69, 9.17) is 52.6 Å². The van der Waals surface area contributed by atoms with Gasteiger partial charge in [0.1, 0.15) is 34.7 Å². The first-order valence-electron chi connectivity index (χ1n) is 22.8. The predicted octanol–water partition coefficient (Wildman–Crippen LogP) is 15.0. The van der Waals surface area contributed by atoms with Crippen molar-refractivity contribution in [2.75, 3.05) is 21.3 Å². The van der Waals surface area contributed by atoms with E-state index in [1.165, 1.54) is 57.7 Å². The van der Waals surface area contributed by atoms with Crippen LogP contribution in [-0.4, -0.2) is 48.7 Å². The van der Waals surface area contributed by atoms with Crippen molar-refractivity contribution in [3.05, 3.63) is 164 Å². The van der Waals surface area contributed by atoms with Crippen LogP contribution in [0.4, 0.5) is 52.7 Å². The molecule has 0 saturated carbocycles. The minimum absolute atomic E-state index is 0.0200. The maximum absolute atomic E-state index is 14.1. The number of methoxy groups -OCH3 is 3. The fourth-order valence-electron chi connectivity index (χ4n) is 7.38. The van der Waals surface area contributed by atoms with Crippen LogP contribution in [0.1, 0.15) is 109 Å². The molecule has 0 spiro atoms. The largest absolute Gasteiger partial charge is 0.497 e. The summed E-state index contributed by atoms with van der Waals surface area (Å²) < 4.78 is 171. The molecule has 414 valence electrons. The Labute approximate surface area is 442 Å². The standard InChI is InChI=1S/C18H17ClF4O.C18H18F4O2.C10H14BFO3.C8H6ClF3O/c1-10(2)14-7-15(17(24-3)8-16(14)20)13-5-4-12(18(21,22)23)6-11(13)9-19;1-10(2)14-7-15(17(24-3)8-16(14)19)13-5-4-12(18(20,21)22)6-11(13)9-23;1-6(2)7-4-8(11(13)14)10(15-3)5-9(7)12;9-7-2-1-6(8(10,11)12)3-5(7)4-13/h4-8,10H,9H2,1-3H3;4-8,10,23H,9H2,1-3H3;4-6,13-14H,1-3H3;1-3,13H,4H2. The minimum Gasteiger partial charge on any atom is -0.497 e. The summed E-state index contributed by atoms with van der Waals surface area (Å²) in [6, 6.07) is 17.5. The van der Waals surface area contributed by atoms with Crippen LogP contribution in [-0.2, 0) is 37.6 Å².